The van der Waals surface area contributed by atoms with Crippen molar-refractivity contribution in [3.05, 3.63) is 24.0 Å². The third-order valence-corrected chi connectivity index (χ3v) is 3.40. The van der Waals surface area contributed by atoms with E-state index in [0.717, 1.165) is 11.4 Å². The molecule has 2 unspecified atom stereocenters. The van der Waals surface area contributed by atoms with Gasteiger partial charge in [0, 0.05) is 23.9 Å². The molecule has 0 aromatic carbocycles. The fourth-order valence-corrected chi connectivity index (χ4v) is 2.38. The number of aromatic nitrogens is 1. The zero-order valence-corrected chi connectivity index (χ0v) is 9.60. The molecule has 0 amide bonds. The lowest BCUT2D eigenvalue weighted by molar-refractivity contribution is -0.139. The average molecular weight is 221 g/mol. The Hall–Kier alpha value is -1.58. The van der Waals surface area contributed by atoms with Gasteiger partial charge in [0.25, 0.3) is 0 Å². The number of ether oxygens (including phenoxy) is 1. The quantitative estimate of drug-likeness (QED) is 0.847. The molecular formula is C12H15NO3. The fourth-order valence-electron chi connectivity index (χ4n) is 2.38. The first kappa shape index (κ1) is 10.9. The Morgan fingerprint density at radius 2 is 2.25 bits per heavy atom. The molecule has 0 saturated heterocycles. The molecule has 0 bridgehead atoms. The average Bonchev–Trinajstić information content (AvgIpc) is 2.82. The second-order valence-electron chi connectivity index (χ2n) is 4.74. The number of pyridine rings is 1. The van der Waals surface area contributed by atoms with E-state index in [9.17, 15) is 4.79 Å². The minimum absolute atomic E-state index is 0.0138. The molecule has 1 aromatic heterocycles. The normalized spacial score (nSPS) is 26.2. The highest BCUT2D eigenvalue weighted by Gasteiger charge is 2.63. The van der Waals surface area contributed by atoms with Crippen LogP contribution >= 0.6 is 0 Å². The number of nitrogens with zero attached hydrogens (tertiary/aromatic N) is 1. The summed E-state index contributed by atoms with van der Waals surface area (Å²) in [5, 5.41) is 9.09. The summed E-state index contributed by atoms with van der Waals surface area (Å²) in [6.45, 7) is 3.91. The predicted octanol–water partition coefficient (Wildman–Crippen LogP) is 1.91. The van der Waals surface area contributed by atoms with E-state index in [0.29, 0.717) is 0 Å². The molecule has 0 spiro atoms. The van der Waals surface area contributed by atoms with E-state index in [1.807, 2.05) is 19.9 Å². The molecule has 0 aliphatic heterocycles. The van der Waals surface area contributed by atoms with Crippen LogP contribution in [-0.4, -0.2) is 23.2 Å². The highest BCUT2D eigenvalue weighted by atomic mass is 16.5. The van der Waals surface area contributed by atoms with E-state index < -0.39 is 5.97 Å². The third-order valence-electron chi connectivity index (χ3n) is 3.40. The van der Waals surface area contributed by atoms with E-state index in [1.54, 1.807) is 19.4 Å². The smallest absolute Gasteiger partial charge is 0.307 e. The zero-order chi connectivity index (χ0) is 11.9. The summed E-state index contributed by atoms with van der Waals surface area (Å²) < 4.78 is 5.11. The highest BCUT2D eigenvalue weighted by Crippen LogP contribution is 2.64. The lowest BCUT2D eigenvalue weighted by Crippen LogP contribution is -2.03. The molecule has 2 rings (SSSR count). The Morgan fingerprint density at radius 3 is 2.75 bits per heavy atom. The van der Waals surface area contributed by atoms with Crippen molar-refractivity contribution >= 4 is 5.97 Å². The van der Waals surface area contributed by atoms with E-state index in [4.69, 9.17) is 9.84 Å². The van der Waals surface area contributed by atoms with Gasteiger partial charge in [-0.2, -0.15) is 0 Å². The van der Waals surface area contributed by atoms with Crippen molar-refractivity contribution in [2.45, 2.75) is 19.8 Å². The summed E-state index contributed by atoms with van der Waals surface area (Å²) in [5.41, 5.74) is 0.585. The van der Waals surface area contributed by atoms with Gasteiger partial charge in [-0.1, -0.05) is 13.8 Å². The van der Waals surface area contributed by atoms with Gasteiger partial charge in [0.05, 0.1) is 13.0 Å². The number of rotatable bonds is 3. The van der Waals surface area contributed by atoms with Crippen LogP contribution in [0.25, 0.3) is 0 Å². The first-order valence-electron chi connectivity index (χ1n) is 5.21. The van der Waals surface area contributed by atoms with Crippen LogP contribution in [0, 0.1) is 11.3 Å². The number of hydrogen-bond acceptors (Lipinski definition) is 3. The van der Waals surface area contributed by atoms with Gasteiger partial charge in [-0.25, -0.2) is 0 Å². The van der Waals surface area contributed by atoms with Crippen LogP contribution in [0.2, 0.25) is 0 Å². The summed E-state index contributed by atoms with van der Waals surface area (Å²) >= 11 is 0. The highest BCUT2D eigenvalue weighted by molar-refractivity contribution is 5.77. The van der Waals surface area contributed by atoms with Crippen molar-refractivity contribution in [3.8, 4) is 5.75 Å². The van der Waals surface area contributed by atoms with Gasteiger partial charge in [-0.3, -0.25) is 9.78 Å². The number of aliphatic carboxylic acids is 1. The molecule has 1 N–H and O–H groups in total. The maximum Gasteiger partial charge on any atom is 0.307 e. The molecule has 2 atom stereocenters. The molecular weight excluding hydrogens is 206 g/mol. The van der Waals surface area contributed by atoms with Gasteiger partial charge in [-0.15, -0.1) is 0 Å². The Kier molecular flexibility index (Phi) is 2.37. The molecule has 0 radical (unpaired) electrons. The van der Waals surface area contributed by atoms with E-state index in [-0.39, 0.29) is 17.3 Å². The van der Waals surface area contributed by atoms with Crippen LogP contribution in [0.5, 0.6) is 5.75 Å². The number of carbonyl (C=O) groups is 1. The van der Waals surface area contributed by atoms with Gasteiger partial charge in [-0.05, 0) is 11.5 Å². The van der Waals surface area contributed by atoms with Gasteiger partial charge < -0.3 is 9.84 Å². The molecule has 1 aliphatic rings. The Labute approximate surface area is 94.3 Å². The summed E-state index contributed by atoms with van der Waals surface area (Å²) in [7, 11) is 1.59. The first-order valence-corrected chi connectivity index (χ1v) is 5.21. The first-order chi connectivity index (χ1) is 7.48. The van der Waals surface area contributed by atoms with Gasteiger partial charge in [0.15, 0.2) is 0 Å². The van der Waals surface area contributed by atoms with Gasteiger partial charge in [0.1, 0.15) is 5.75 Å². The Bertz CT molecular complexity index is 428. The number of methoxy groups -OCH3 is 1. The van der Waals surface area contributed by atoms with Gasteiger partial charge >= 0.3 is 5.97 Å². The van der Waals surface area contributed by atoms with Crippen LogP contribution in [0.1, 0.15) is 25.5 Å². The lowest BCUT2D eigenvalue weighted by Gasteiger charge is -2.04. The van der Waals surface area contributed by atoms with Crippen molar-refractivity contribution in [1.29, 1.82) is 0 Å². The molecule has 1 aromatic rings. The minimum Gasteiger partial charge on any atom is -0.497 e. The maximum atomic E-state index is 11.1. The molecule has 86 valence electrons. The van der Waals surface area contributed by atoms with E-state index >= 15 is 0 Å². The Balaban J connectivity index is 2.29. The fraction of sp³-hybridized carbons (Fsp3) is 0.500. The van der Waals surface area contributed by atoms with Crippen molar-refractivity contribution in [2.75, 3.05) is 7.11 Å². The van der Waals surface area contributed by atoms with Crippen LogP contribution in [0.15, 0.2) is 18.3 Å². The van der Waals surface area contributed by atoms with E-state index in [1.165, 1.54) is 0 Å². The molecule has 1 saturated carbocycles. The molecule has 1 heterocycles. The van der Waals surface area contributed by atoms with Crippen LogP contribution in [0.3, 0.4) is 0 Å². The number of hydrogen-bond donors (Lipinski definition) is 1. The number of carboxylic acid groups (broad SMARTS) is 1. The van der Waals surface area contributed by atoms with E-state index in [2.05, 4.69) is 4.98 Å². The largest absolute Gasteiger partial charge is 0.497 e. The molecule has 4 nitrogen and oxygen atoms in total. The van der Waals surface area contributed by atoms with Crippen LogP contribution in [-0.2, 0) is 4.79 Å². The molecule has 1 fully saturated rings. The van der Waals surface area contributed by atoms with Gasteiger partial charge in [0.2, 0.25) is 0 Å². The molecule has 16 heavy (non-hydrogen) atoms. The monoisotopic (exact) mass is 221 g/mol. The minimum atomic E-state index is -0.750. The lowest BCUT2D eigenvalue weighted by atomic mass is 10.1. The van der Waals surface area contributed by atoms with Crippen LogP contribution < -0.4 is 4.74 Å². The Morgan fingerprint density at radius 1 is 1.56 bits per heavy atom. The topological polar surface area (TPSA) is 59.4 Å². The van der Waals surface area contributed by atoms with Crippen molar-refractivity contribution in [3.63, 3.8) is 0 Å². The van der Waals surface area contributed by atoms with Crippen molar-refractivity contribution in [1.82, 2.24) is 4.98 Å². The third kappa shape index (κ3) is 1.54. The summed E-state index contributed by atoms with van der Waals surface area (Å²) in [6, 6.07) is 3.57. The van der Waals surface area contributed by atoms with Crippen molar-refractivity contribution in [2.24, 2.45) is 11.3 Å². The second-order valence-corrected chi connectivity index (χ2v) is 4.74. The predicted molar refractivity (Wildman–Crippen MR) is 58.4 cm³/mol. The number of carboxylic acids is 1. The maximum absolute atomic E-state index is 11.1. The molecule has 4 heteroatoms. The SMILES string of the molecule is COc1ccnc(C2C(C(=O)O)C2(C)C)c1. The van der Waals surface area contributed by atoms with Crippen LogP contribution in [0.4, 0.5) is 0 Å². The zero-order valence-electron chi connectivity index (χ0n) is 9.60. The second kappa shape index (κ2) is 3.47. The summed E-state index contributed by atoms with van der Waals surface area (Å²) in [6.07, 6.45) is 1.65. The summed E-state index contributed by atoms with van der Waals surface area (Å²) in [4.78, 5) is 15.3. The summed E-state index contributed by atoms with van der Waals surface area (Å²) in [5.74, 6) is -0.385. The van der Waals surface area contributed by atoms with Crippen molar-refractivity contribution < 1.29 is 14.6 Å². The standard InChI is InChI=1S/C12H15NO3/c1-12(2)9(10(12)11(14)15)8-6-7(16-3)4-5-13-8/h4-6,9-10H,1-3H3,(H,14,15). The molecule has 1 aliphatic carbocycles.